The lowest BCUT2D eigenvalue weighted by atomic mass is 9.94. The van der Waals surface area contributed by atoms with E-state index in [0.717, 1.165) is 51.3 Å². The van der Waals surface area contributed by atoms with Gasteiger partial charge in [-0.25, -0.2) is 4.98 Å². The molecule has 2 atom stereocenters. The van der Waals surface area contributed by atoms with Crippen molar-refractivity contribution in [3.63, 3.8) is 0 Å². The molecule has 0 spiro atoms. The van der Waals surface area contributed by atoms with Gasteiger partial charge in [0.15, 0.2) is 0 Å². The summed E-state index contributed by atoms with van der Waals surface area (Å²) in [6.45, 7) is 3.79. The molecule has 0 bridgehead atoms. The molecule has 1 amide bonds. The predicted octanol–water partition coefficient (Wildman–Crippen LogP) is 1.76. The summed E-state index contributed by atoms with van der Waals surface area (Å²) in [6, 6.07) is 3.78. The number of hydrogen-bond donors (Lipinski definition) is 1. The summed E-state index contributed by atoms with van der Waals surface area (Å²) < 4.78 is 0. The second-order valence-corrected chi connectivity index (χ2v) is 6.62. The third-order valence-electron chi connectivity index (χ3n) is 4.91. The summed E-state index contributed by atoms with van der Waals surface area (Å²) in [6.07, 6.45) is 4.90. The van der Waals surface area contributed by atoms with Gasteiger partial charge in [0.1, 0.15) is 5.82 Å². The van der Waals surface area contributed by atoms with Crippen molar-refractivity contribution in [2.45, 2.75) is 19.3 Å². The zero-order valence-corrected chi connectivity index (χ0v) is 13.5. The third-order valence-corrected chi connectivity index (χ3v) is 5.13. The number of anilines is 1. The normalized spacial score (nSPS) is 25.5. The van der Waals surface area contributed by atoms with E-state index in [1.165, 1.54) is 0 Å². The first kappa shape index (κ1) is 15.6. The van der Waals surface area contributed by atoms with Gasteiger partial charge in [0.2, 0.25) is 5.91 Å². The fraction of sp³-hybridized carbons (Fsp3) is 0.625. The Labute approximate surface area is 136 Å². The molecule has 1 aromatic rings. The van der Waals surface area contributed by atoms with E-state index in [0.29, 0.717) is 23.4 Å². The quantitative estimate of drug-likeness (QED) is 0.921. The van der Waals surface area contributed by atoms with Crippen LogP contribution in [0.2, 0.25) is 5.02 Å². The molecular weight excluding hydrogens is 300 g/mol. The summed E-state index contributed by atoms with van der Waals surface area (Å²) in [7, 11) is 0. The maximum Gasteiger partial charge on any atom is 0.226 e. The van der Waals surface area contributed by atoms with Crippen molar-refractivity contribution in [3.05, 3.63) is 23.4 Å². The van der Waals surface area contributed by atoms with E-state index in [-0.39, 0.29) is 5.92 Å². The molecule has 3 rings (SSSR count). The predicted molar refractivity (Wildman–Crippen MR) is 87.9 cm³/mol. The molecule has 1 saturated carbocycles. The minimum Gasteiger partial charge on any atom is -0.353 e. The van der Waals surface area contributed by atoms with Crippen molar-refractivity contribution in [1.82, 2.24) is 9.88 Å². The molecule has 1 aromatic heterocycles. The second-order valence-electron chi connectivity index (χ2n) is 6.18. The Kier molecular flexibility index (Phi) is 4.84. The zero-order valence-electron chi connectivity index (χ0n) is 12.7. The Morgan fingerprint density at radius 3 is 2.68 bits per heavy atom. The third kappa shape index (κ3) is 3.20. The van der Waals surface area contributed by atoms with Gasteiger partial charge in [-0.3, -0.25) is 4.79 Å². The van der Waals surface area contributed by atoms with Crippen molar-refractivity contribution < 1.29 is 4.79 Å². The van der Waals surface area contributed by atoms with E-state index in [9.17, 15) is 4.79 Å². The van der Waals surface area contributed by atoms with Crippen molar-refractivity contribution >= 4 is 23.3 Å². The Hall–Kier alpha value is -1.33. The highest BCUT2D eigenvalue weighted by molar-refractivity contribution is 6.30. The average molecular weight is 323 g/mol. The number of amides is 1. The van der Waals surface area contributed by atoms with E-state index in [1.54, 1.807) is 6.20 Å². The number of halogens is 1. The van der Waals surface area contributed by atoms with Gasteiger partial charge in [-0.05, 0) is 37.4 Å². The number of pyridine rings is 1. The number of piperazine rings is 1. The van der Waals surface area contributed by atoms with Gasteiger partial charge in [-0.2, -0.15) is 0 Å². The summed E-state index contributed by atoms with van der Waals surface area (Å²) in [5, 5.41) is 0.645. The number of nitrogens with two attached hydrogens (primary N) is 1. The summed E-state index contributed by atoms with van der Waals surface area (Å²) in [5.74, 6) is 1.75. The van der Waals surface area contributed by atoms with E-state index < -0.39 is 0 Å². The first-order valence-corrected chi connectivity index (χ1v) is 8.42. The maximum absolute atomic E-state index is 12.7. The Morgan fingerprint density at radius 2 is 2.05 bits per heavy atom. The van der Waals surface area contributed by atoms with Crippen LogP contribution in [-0.2, 0) is 4.79 Å². The van der Waals surface area contributed by atoms with Crippen LogP contribution in [0, 0.1) is 11.8 Å². The number of hydrogen-bond acceptors (Lipinski definition) is 4. The highest BCUT2D eigenvalue weighted by Gasteiger charge is 2.35. The Morgan fingerprint density at radius 1 is 1.27 bits per heavy atom. The first-order valence-electron chi connectivity index (χ1n) is 8.04. The number of nitrogens with zero attached hydrogens (tertiary/aromatic N) is 3. The smallest absolute Gasteiger partial charge is 0.226 e. The van der Waals surface area contributed by atoms with Crippen LogP contribution in [0.1, 0.15) is 19.3 Å². The zero-order chi connectivity index (χ0) is 15.5. The second kappa shape index (κ2) is 6.84. The number of carbonyl (C=O) groups excluding carboxylic acids is 1. The van der Waals surface area contributed by atoms with Crippen molar-refractivity contribution in [3.8, 4) is 0 Å². The summed E-state index contributed by atoms with van der Waals surface area (Å²) >= 11 is 5.87. The molecule has 1 aliphatic heterocycles. The summed E-state index contributed by atoms with van der Waals surface area (Å²) in [5.41, 5.74) is 5.80. The van der Waals surface area contributed by atoms with E-state index >= 15 is 0 Å². The number of aromatic nitrogens is 1. The molecule has 5 nitrogen and oxygen atoms in total. The first-order chi connectivity index (χ1) is 10.7. The van der Waals surface area contributed by atoms with Crippen LogP contribution in [0.4, 0.5) is 5.82 Å². The lowest BCUT2D eigenvalue weighted by molar-refractivity contribution is -0.136. The molecule has 6 heteroatoms. The molecule has 0 aromatic carbocycles. The molecule has 1 aliphatic carbocycles. The van der Waals surface area contributed by atoms with Gasteiger partial charge in [0.05, 0.1) is 5.02 Å². The van der Waals surface area contributed by atoms with Crippen LogP contribution >= 0.6 is 11.6 Å². The molecule has 2 heterocycles. The molecule has 2 aliphatic rings. The van der Waals surface area contributed by atoms with E-state index in [1.807, 2.05) is 17.0 Å². The lowest BCUT2D eigenvalue weighted by Gasteiger charge is -2.37. The van der Waals surface area contributed by atoms with Crippen molar-refractivity contribution in [1.29, 1.82) is 0 Å². The molecule has 2 N–H and O–H groups in total. The standard InChI is InChI=1S/C16H23ClN4O/c17-13-4-5-15(19-11-13)20-6-8-21(9-7-20)16(22)14-3-1-2-12(14)10-18/h4-5,11-12,14H,1-3,6-10,18H2/t12-,14-/m1/s1. The van der Waals surface area contributed by atoms with Gasteiger partial charge in [-0.15, -0.1) is 0 Å². The van der Waals surface area contributed by atoms with Crippen molar-refractivity contribution in [2.75, 3.05) is 37.6 Å². The number of rotatable bonds is 3. The van der Waals surface area contributed by atoms with E-state index in [4.69, 9.17) is 17.3 Å². The van der Waals surface area contributed by atoms with Crippen LogP contribution in [0.5, 0.6) is 0 Å². The molecule has 1 saturated heterocycles. The van der Waals surface area contributed by atoms with E-state index in [2.05, 4.69) is 9.88 Å². The van der Waals surface area contributed by atoms with Crippen LogP contribution in [-0.4, -0.2) is 48.5 Å². The monoisotopic (exact) mass is 322 g/mol. The Bertz CT molecular complexity index is 513. The molecule has 0 unspecified atom stereocenters. The molecule has 0 radical (unpaired) electrons. The SMILES string of the molecule is NC[C@H]1CCC[C@H]1C(=O)N1CCN(c2ccc(Cl)cn2)CC1. The van der Waals surface area contributed by atoms with Gasteiger partial charge in [0, 0.05) is 38.3 Å². The molecule has 2 fully saturated rings. The molecular formula is C16H23ClN4O. The van der Waals surface area contributed by atoms with Gasteiger partial charge in [0.25, 0.3) is 0 Å². The minimum atomic E-state index is 0.144. The highest BCUT2D eigenvalue weighted by Crippen LogP contribution is 2.32. The fourth-order valence-electron chi connectivity index (χ4n) is 3.59. The largest absolute Gasteiger partial charge is 0.353 e. The highest BCUT2D eigenvalue weighted by atomic mass is 35.5. The van der Waals surface area contributed by atoms with Gasteiger partial charge in [-0.1, -0.05) is 18.0 Å². The van der Waals surface area contributed by atoms with Crippen LogP contribution in [0.3, 0.4) is 0 Å². The van der Waals surface area contributed by atoms with Gasteiger partial charge < -0.3 is 15.5 Å². The summed E-state index contributed by atoms with van der Waals surface area (Å²) in [4.78, 5) is 21.2. The Balaban J connectivity index is 1.57. The number of carbonyl (C=O) groups is 1. The lowest BCUT2D eigenvalue weighted by Crippen LogP contribution is -2.51. The fourth-order valence-corrected chi connectivity index (χ4v) is 3.70. The molecule has 120 valence electrons. The van der Waals surface area contributed by atoms with Crippen molar-refractivity contribution in [2.24, 2.45) is 17.6 Å². The topological polar surface area (TPSA) is 62.5 Å². The van der Waals surface area contributed by atoms with Crippen LogP contribution in [0.15, 0.2) is 18.3 Å². The van der Waals surface area contributed by atoms with Crippen LogP contribution in [0.25, 0.3) is 0 Å². The van der Waals surface area contributed by atoms with Crippen LogP contribution < -0.4 is 10.6 Å². The average Bonchev–Trinajstić information content (AvgIpc) is 3.04. The van der Waals surface area contributed by atoms with Gasteiger partial charge >= 0.3 is 0 Å². The maximum atomic E-state index is 12.7. The minimum absolute atomic E-state index is 0.144. The molecule has 22 heavy (non-hydrogen) atoms.